The number of carbonyl (C=O) groups is 1. The first-order valence-electron chi connectivity index (χ1n) is 12.0. The van der Waals surface area contributed by atoms with Crippen molar-refractivity contribution in [3.63, 3.8) is 0 Å². The number of sulfonamides is 1. The standard InChI is InChI=1S/C26H35ClN2O4S/c1-4-14-28(15-7-9-20(5-2)21-8-6-10-23(27)17-21)34(31,32)24-11-12-25-22(18-24)13-16-29(25)26(30)19-33-3/h6,8,10-12,17-18,20H,4-5,7,9,13-16,19H2,1-3H3. The van der Waals surface area contributed by atoms with Crippen molar-refractivity contribution in [1.82, 2.24) is 4.31 Å². The first-order chi connectivity index (χ1) is 16.3. The van der Waals surface area contributed by atoms with Crippen LogP contribution in [-0.4, -0.2) is 52.0 Å². The second kappa shape index (κ2) is 12.2. The van der Waals surface area contributed by atoms with Crippen molar-refractivity contribution >= 4 is 33.2 Å². The molecule has 1 amide bonds. The van der Waals surface area contributed by atoms with Crippen molar-refractivity contribution in [3.8, 4) is 0 Å². The number of ether oxygens (including phenoxy) is 1. The van der Waals surface area contributed by atoms with Gasteiger partial charge < -0.3 is 9.64 Å². The molecule has 0 aliphatic carbocycles. The first-order valence-corrected chi connectivity index (χ1v) is 13.8. The van der Waals surface area contributed by atoms with Crippen molar-refractivity contribution < 1.29 is 17.9 Å². The van der Waals surface area contributed by atoms with Crippen LogP contribution in [0.4, 0.5) is 5.69 Å². The van der Waals surface area contributed by atoms with Crippen LogP contribution in [-0.2, 0) is 26.0 Å². The number of methoxy groups -OCH3 is 1. The minimum Gasteiger partial charge on any atom is -0.375 e. The average Bonchev–Trinajstić information content (AvgIpc) is 3.25. The lowest BCUT2D eigenvalue weighted by Gasteiger charge is -2.24. The molecule has 6 nitrogen and oxygen atoms in total. The van der Waals surface area contributed by atoms with E-state index < -0.39 is 10.0 Å². The van der Waals surface area contributed by atoms with Gasteiger partial charge in [0.1, 0.15) is 6.61 Å². The number of nitrogens with zero attached hydrogens (tertiary/aromatic N) is 2. The third-order valence-corrected chi connectivity index (χ3v) is 8.53. The number of anilines is 1. The summed E-state index contributed by atoms with van der Waals surface area (Å²) in [4.78, 5) is 14.2. The Hall–Kier alpha value is -1.93. The number of hydrogen-bond donors (Lipinski definition) is 0. The Labute approximate surface area is 208 Å². The zero-order chi connectivity index (χ0) is 24.7. The first kappa shape index (κ1) is 26.7. The Kier molecular flexibility index (Phi) is 9.54. The van der Waals surface area contributed by atoms with Crippen molar-refractivity contribution in [3.05, 3.63) is 58.6 Å². The molecule has 2 aromatic rings. The van der Waals surface area contributed by atoms with E-state index in [4.69, 9.17) is 16.3 Å². The van der Waals surface area contributed by atoms with Gasteiger partial charge in [-0.25, -0.2) is 8.42 Å². The van der Waals surface area contributed by atoms with Crippen LogP contribution in [0.15, 0.2) is 47.4 Å². The van der Waals surface area contributed by atoms with E-state index >= 15 is 0 Å². The number of rotatable bonds is 12. The maximum atomic E-state index is 13.5. The Bertz CT molecular complexity index is 1090. The second-order valence-electron chi connectivity index (χ2n) is 8.73. The van der Waals surface area contributed by atoms with Gasteiger partial charge in [-0.15, -0.1) is 0 Å². The molecule has 0 spiro atoms. The fourth-order valence-corrected chi connectivity index (χ4v) is 6.45. The van der Waals surface area contributed by atoms with Gasteiger partial charge in [0.2, 0.25) is 10.0 Å². The quantitative estimate of drug-likeness (QED) is 0.394. The zero-order valence-electron chi connectivity index (χ0n) is 20.3. The molecule has 0 saturated heterocycles. The SMILES string of the molecule is CCCN(CCCC(CC)c1cccc(Cl)c1)S(=O)(=O)c1ccc2c(c1)CCN2C(=O)COC. The van der Waals surface area contributed by atoms with Crippen LogP contribution >= 0.6 is 11.6 Å². The molecule has 0 fully saturated rings. The van der Waals surface area contributed by atoms with E-state index in [1.807, 2.05) is 25.1 Å². The van der Waals surface area contributed by atoms with Gasteiger partial charge >= 0.3 is 0 Å². The predicted octanol–water partition coefficient (Wildman–Crippen LogP) is 5.25. The highest BCUT2D eigenvalue weighted by Gasteiger charge is 2.29. The lowest BCUT2D eigenvalue weighted by Crippen LogP contribution is -2.33. The molecule has 1 aliphatic rings. The molecule has 0 bridgehead atoms. The third kappa shape index (κ3) is 6.19. The van der Waals surface area contributed by atoms with Crippen LogP contribution in [0.2, 0.25) is 5.02 Å². The summed E-state index contributed by atoms with van der Waals surface area (Å²) < 4.78 is 33.6. The molecule has 3 rings (SSSR count). The molecule has 1 heterocycles. The number of halogens is 1. The lowest BCUT2D eigenvalue weighted by atomic mass is 9.92. The van der Waals surface area contributed by atoms with Crippen molar-refractivity contribution in [1.29, 1.82) is 0 Å². The highest BCUT2D eigenvalue weighted by atomic mass is 35.5. The van der Waals surface area contributed by atoms with Gasteiger partial charge in [0.25, 0.3) is 5.91 Å². The summed E-state index contributed by atoms with van der Waals surface area (Å²) in [5.41, 5.74) is 2.86. The van der Waals surface area contributed by atoms with E-state index in [1.165, 1.54) is 12.7 Å². The van der Waals surface area contributed by atoms with Gasteiger partial charge in [0, 0.05) is 37.5 Å². The number of carbonyl (C=O) groups excluding carboxylic acids is 1. The molecule has 0 aromatic heterocycles. The smallest absolute Gasteiger partial charge is 0.252 e. The molecule has 34 heavy (non-hydrogen) atoms. The van der Waals surface area contributed by atoms with E-state index in [0.29, 0.717) is 36.9 Å². The Morgan fingerprint density at radius 2 is 1.97 bits per heavy atom. The van der Waals surface area contributed by atoms with Crippen LogP contribution in [0.5, 0.6) is 0 Å². The van der Waals surface area contributed by atoms with E-state index in [2.05, 4.69) is 13.0 Å². The van der Waals surface area contributed by atoms with Crippen LogP contribution < -0.4 is 4.90 Å². The van der Waals surface area contributed by atoms with E-state index in [-0.39, 0.29) is 12.5 Å². The molecule has 0 N–H and O–H groups in total. The lowest BCUT2D eigenvalue weighted by molar-refractivity contribution is -0.122. The Balaban J connectivity index is 1.72. The largest absolute Gasteiger partial charge is 0.375 e. The molecule has 8 heteroatoms. The highest BCUT2D eigenvalue weighted by molar-refractivity contribution is 7.89. The fraction of sp³-hybridized carbons (Fsp3) is 0.500. The topological polar surface area (TPSA) is 66.9 Å². The molecule has 1 unspecified atom stereocenters. The molecule has 186 valence electrons. The van der Waals surface area contributed by atoms with Crippen LogP contribution in [0.3, 0.4) is 0 Å². The van der Waals surface area contributed by atoms with Crippen molar-refractivity contribution in [2.45, 2.75) is 56.8 Å². The van der Waals surface area contributed by atoms with Crippen LogP contribution in [0, 0.1) is 0 Å². The van der Waals surface area contributed by atoms with Gasteiger partial charge in [-0.1, -0.05) is 37.6 Å². The summed E-state index contributed by atoms with van der Waals surface area (Å²) in [5, 5.41) is 0.727. The van der Waals surface area contributed by atoms with E-state index in [9.17, 15) is 13.2 Å². The third-order valence-electron chi connectivity index (χ3n) is 6.40. The number of benzene rings is 2. The Morgan fingerprint density at radius 1 is 1.18 bits per heavy atom. The van der Waals surface area contributed by atoms with Gasteiger partial charge in [0.15, 0.2) is 0 Å². The summed E-state index contributed by atoms with van der Waals surface area (Å²) in [6.07, 6.45) is 4.03. The molecule has 0 saturated carbocycles. The zero-order valence-corrected chi connectivity index (χ0v) is 21.9. The minimum atomic E-state index is -3.62. The molecular weight excluding hydrogens is 472 g/mol. The van der Waals surface area contributed by atoms with Gasteiger partial charge in [0.05, 0.1) is 4.90 Å². The molecule has 1 aliphatic heterocycles. The molecule has 1 atom stereocenters. The molecule has 2 aromatic carbocycles. The van der Waals surface area contributed by atoms with E-state index in [1.54, 1.807) is 27.4 Å². The van der Waals surface area contributed by atoms with Gasteiger partial charge in [-0.3, -0.25) is 4.79 Å². The fourth-order valence-electron chi connectivity index (χ4n) is 4.63. The Morgan fingerprint density at radius 3 is 2.65 bits per heavy atom. The maximum Gasteiger partial charge on any atom is 0.252 e. The number of amides is 1. The van der Waals surface area contributed by atoms with E-state index in [0.717, 1.165) is 42.0 Å². The van der Waals surface area contributed by atoms with Crippen molar-refractivity contribution in [2.24, 2.45) is 0 Å². The van der Waals surface area contributed by atoms with Crippen molar-refractivity contribution in [2.75, 3.05) is 38.3 Å². The highest BCUT2D eigenvalue weighted by Crippen LogP contribution is 2.32. The maximum absolute atomic E-state index is 13.5. The molecule has 0 radical (unpaired) electrons. The summed E-state index contributed by atoms with van der Waals surface area (Å²) in [7, 11) is -2.13. The second-order valence-corrected chi connectivity index (χ2v) is 11.1. The van der Waals surface area contributed by atoms with Gasteiger partial charge in [-0.05, 0) is 79.5 Å². The normalized spacial score (nSPS) is 14.4. The summed E-state index contributed by atoms with van der Waals surface area (Å²) in [5.74, 6) is 0.232. The van der Waals surface area contributed by atoms with Crippen LogP contribution in [0.1, 0.15) is 56.6 Å². The monoisotopic (exact) mass is 506 g/mol. The number of hydrogen-bond acceptors (Lipinski definition) is 4. The summed E-state index contributed by atoms with van der Waals surface area (Å²) in [6.45, 7) is 5.65. The minimum absolute atomic E-state index is 0.0116. The summed E-state index contributed by atoms with van der Waals surface area (Å²) in [6, 6.07) is 13.0. The average molecular weight is 507 g/mol. The number of fused-ring (bicyclic) bond motifs is 1. The summed E-state index contributed by atoms with van der Waals surface area (Å²) >= 11 is 6.17. The van der Waals surface area contributed by atoms with Gasteiger partial charge in [-0.2, -0.15) is 4.31 Å². The predicted molar refractivity (Wildman–Crippen MR) is 137 cm³/mol. The van der Waals surface area contributed by atoms with Crippen LogP contribution in [0.25, 0.3) is 0 Å². The molecular formula is C26H35ClN2O4S.